The number of carbonyl (C=O) groups excluding carboxylic acids is 1. The predicted octanol–water partition coefficient (Wildman–Crippen LogP) is 2.69. The van der Waals surface area contributed by atoms with Gasteiger partial charge in [-0.25, -0.2) is 4.98 Å². The monoisotopic (exact) mass is 253 g/mol. The van der Waals surface area contributed by atoms with Gasteiger partial charge in [-0.15, -0.1) is 0 Å². The van der Waals surface area contributed by atoms with Crippen molar-refractivity contribution in [2.75, 3.05) is 7.11 Å². The Morgan fingerprint density at radius 3 is 2.47 bits per heavy atom. The second-order valence-electron chi connectivity index (χ2n) is 4.79. The highest BCUT2D eigenvalue weighted by Gasteiger charge is 2.30. The molecule has 1 aliphatic rings. The topological polar surface area (TPSA) is 39.2 Å². The number of hydrogen-bond acceptors (Lipinski definition) is 3. The molecule has 0 fully saturated rings. The zero-order valence-electron chi connectivity index (χ0n) is 10.8. The van der Waals surface area contributed by atoms with Crippen molar-refractivity contribution in [3.63, 3.8) is 0 Å². The summed E-state index contributed by atoms with van der Waals surface area (Å²) in [7, 11) is 1.57. The molecule has 0 spiro atoms. The summed E-state index contributed by atoms with van der Waals surface area (Å²) >= 11 is 0. The van der Waals surface area contributed by atoms with Crippen LogP contribution in [0.1, 0.15) is 21.6 Å². The minimum atomic E-state index is -0.0128. The molecule has 3 rings (SSSR count). The molecule has 1 heterocycles. The second kappa shape index (κ2) is 4.84. The molecule has 1 aliphatic carbocycles. The van der Waals surface area contributed by atoms with Crippen molar-refractivity contribution < 1.29 is 9.53 Å². The zero-order chi connectivity index (χ0) is 13.2. The lowest BCUT2D eigenvalue weighted by molar-refractivity contribution is 0.0916. The third-order valence-electron chi connectivity index (χ3n) is 3.65. The van der Waals surface area contributed by atoms with Crippen LogP contribution in [0.4, 0.5) is 0 Å². The van der Waals surface area contributed by atoms with Gasteiger partial charge in [0.1, 0.15) is 11.4 Å². The minimum Gasteiger partial charge on any atom is -0.494 e. The number of nitrogens with zero attached hydrogens (tertiary/aromatic N) is 1. The van der Waals surface area contributed by atoms with Gasteiger partial charge in [0.25, 0.3) is 0 Å². The van der Waals surface area contributed by atoms with E-state index in [0.29, 0.717) is 11.4 Å². The largest absolute Gasteiger partial charge is 0.494 e. The summed E-state index contributed by atoms with van der Waals surface area (Å²) in [6.07, 6.45) is 3.24. The van der Waals surface area contributed by atoms with E-state index in [1.807, 2.05) is 12.1 Å². The lowest BCUT2D eigenvalue weighted by Crippen LogP contribution is -2.17. The van der Waals surface area contributed by atoms with Crippen LogP contribution in [-0.2, 0) is 12.8 Å². The Hall–Kier alpha value is -2.16. The number of pyridine rings is 1. The van der Waals surface area contributed by atoms with E-state index in [-0.39, 0.29) is 11.7 Å². The number of benzene rings is 1. The van der Waals surface area contributed by atoms with E-state index in [2.05, 4.69) is 17.1 Å². The quantitative estimate of drug-likeness (QED) is 0.789. The maximum Gasteiger partial charge on any atom is 0.188 e. The Morgan fingerprint density at radius 2 is 1.84 bits per heavy atom. The third kappa shape index (κ3) is 2.12. The lowest BCUT2D eigenvalue weighted by atomic mass is 9.97. The van der Waals surface area contributed by atoms with Gasteiger partial charge in [-0.1, -0.05) is 24.3 Å². The normalized spacial score (nSPS) is 14.2. The Balaban J connectivity index is 1.87. The standard InChI is InChI=1S/C16H15NO2/c1-19-14-7-4-8-17-15(14)16(18)13-9-11-5-2-3-6-12(11)10-13/h2-8,13H,9-10H2,1H3. The zero-order valence-corrected chi connectivity index (χ0v) is 10.8. The smallest absolute Gasteiger partial charge is 0.188 e. The molecule has 0 saturated carbocycles. The van der Waals surface area contributed by atoms with E-state index < -0.39 is 0 Å². The number of fused-ring (bicyclic) bond motifs is 1. The molecule has 0 atom stereocenters. The molecule has 96 valence electrons. The van der Waals surface area contributed by atoms with Crippen LogP contribution >= 0.6 is 0 Å². The first-order valence-electron chi connectivity index (χ1n) is 6.39. The molecule has 1 aromatic heterocycles. The SMILES string of the molecule is COc1cccnc1C(=O)C1Cc2ccccc2C1. The van der Waals surface area contributed by atoms with Gasteiger partial charge >= 0.3 is 0 Å². The molecular formula is C16H15NO2. The van der Waals surface area contributed by atoms with E-state index in [1.165, 1.54) is 11.1 Å². The van der Waals surface area contributed by atoms with Gasteiger partial charge in [0.05, 0.1) is 7.11 Å². The number of methoxy groups -OCH3 is 1. The molecular weight excluding hydrogens is 238 g/mol. The summed E-state index contributed by atoms with van der Waals surface area (Å²) in [5, 5.41) is 0. The van der Waals surface area contributed by atoms with Crippen LogP contribution in [0, 0.1) is 5.92 Å². The van der Waals surface area contributed by atoms with Crippen molar-refractivity contribution in [3.05, 3.63) is 59.4 Å². The number of ether oxygens (including phenoxy) is 1. The highest BCUT2D eigenvalue weighted by molar-refractivity contribution is 5.99. The molecule has 0 bridgehead atoms. The summed E-state index contributed by atoms with van der Waals surface area (Å²) in [6.45, 7) is 0. The third-order valence-corrected chi connectivity index (χ3v) is 3.65. The van der Waals surface area contributed by atoms with Crippen molar-refractivity contribution in [2.24, 2.45) is 5.92 Å². The van der Waals surface area contributed by atoms with Gasteiger partial charge in [-0.05, 0) is 36.1 Å². The Labute approximate surface area is 112 Å². The van der Waals surface area contributed by atoms with Crippen molar-refractivity contribution in [2.45, 2.75) is 12.8 Å². The predicted molar refractivity (Wildman–Crippen MR) is 72.5 cm³/mol. The van der Waals surface area contributed by atoms with E-state index in [0.717, 1.165) is 12.8 Å². The average molecular weight is 253 g/mol. The van der Waals surface area contributed by atoms with Gasteiger partial charge in [0.2, 0.25) is 0 Å². The maximum atomic E-state index is 12.6. The Kier molecular flexibility index (Phi) is 3.03. The molecule has 1 aromatic carbocycles. The van der Waals surface area contributed by atoms with Crippen LogP contribution in [0.2, 0.25) is 0 Å². The highest BCUT2D eigenvalue weighted by atomic mass is 16.5. The van der Waals surface area contributed by atoms with Crippen molar-refractivity contribution in [3.8, 4) is 5.75 Å². The summed E-state index contributed by atoms with van der Waals surface area (Å²) in [5.41, 5.74) is 2.99. The molecule has 3 heteroatoms. The molecule has 0 unspecified atom stereocenters. The number of ketones is 1. The first-order valence-corrected chi connectivity index (χ1v) is 6.39. The number of carbonyl (C=O) groups is 1. The summed E-state index contributed by atoms with van der Waals surface area (Å²) in [5.74, 6) is 0.623. The molecule has 3 nitrogen and oxygen atoms in total. The Bertz CT molecular complexity index is 597. The van der Waals surface area contributed by atoms with Crippen molar-refractivity contribution in [1.82, 2.24) is 4.98 Å². The minimum absolute atomic E-state index is 0.0128. The molecule has 2 aromatic rings. The van der Waals surface area contributed by atoms with Crippen LogP contribution in [0.15, 0.2) is 42.6 Å². The summed E-state index contributed by atoms with van der Waals surface area (Å²) in [4.78, 5) is 16.7. The van der Waals surface area contributed by atoms with Gasteiger partial charge in [0.15, 0.2) is 5.78 Å². The number of hydrogen-bond donors (Lipinski definition) is 0. The van der Waals surface area contributed by atoms with Crippen molar-refractivity contribution >= 4 is 5.78 Å². The fraction of sp³-hybridized carbons (Fsp3) is 0.250. The number of Topliss-reactive ketones (excluding diaryl/α,β-unsaturated/α-hetero) is 1. The van der Waals surface area contributed by atoms with Gasteiger partial charge in [-0.2, -0.15) is 0 Å². The summed E-state index contributed by atoms with van der Waals surface area (Å²) in [6, 6.07) is 11.8. The van der Waals surface area contributed by atoms with Crippen molar-refractivity contribution in [1.29, 1.82) is 0 Å². The van der Waals surface area contributed by atoms with E-state index in [1.54, 1.807) is 25.4 Å². The first-order chi connectivity index (χ1) is 9.29. The van der Waals surface area contributed by atoms with Crippen LogP contribution in [0.3, 0.4) is 0 Å². The van der Waals surface area contributed by atoms with E-state index in [9.17, 15) is 4.79 Å². The maximum absolute atomic E-state index is 12.6. The van der Waals surface area contributed by atoms with Crippen LogP contribution < -0.4 is 4.74 Å². The Morgan fingerprint density at radius 1 is 1.16 bits per heavy atom. The van der Waals surface area contributed by atoms with Crippen LogP contribution in [0.5, 0.6) is 5.75 Å². The lowest BCUT2D eigenvalue weighted by Gasteiger charge is -2.10. The number of aromatic nitrogens is 1. The van der Waals surface area contributed by atoms with Gasteiger partial charge in [-0.3, -0.25) is 4.79 Å². The molecule has 0 saturated heterocycles. The fourth-order valence-electron chi connectivity index (χ4n) is 2.68. The fourth-order valence-corrected chi connectivity index (χ4v) is 2.68. The van der Waals surface area contributed by atoms with E-state index >= 15 is 0 Å². The molecule has 0 aliphatic heterocycles. The second-order valence-corrected chi connectivity index (χ2v) is 4.79. The van der Waals surface area contributed by atoms with Crippen LogP contribution in [-0.4, -0.2) is 17.9 Å². The highest BCUT2D eigenvalue weighted by Crippen LogP contribution is 2.30. The first kappa shape index (κ1) is 11.9. The molecule has 0 N–H and O–H groups in total. The van der Waals surface area contributed by atoms with Crippen LogP contribution in [0.25, 0.3) is 0 Å². The summed E-state index contributed by atoms with van der Waals surface area (Å²) < 4.78 is 5.22. The number of rotatable bonds is 3. The molecule has 0 radical (unpaired) electrons. The van der Waals surface area contributed by atoms with Gasteiger partial charge in [0, 0.05) is 12.1 Å². The van der Waals surface area contributed by atoms with E-state index in [4.69, 9.17) is 4.74 Å². The van der Waals surface area contributed by atoms with Gasteiger partial charge < -0.3 is 4.74 Å². The average Bonchev–Trinajstić information content (AvgIpc) is 2.90. The molecule has 0 amide bonds. The molecule has 19 heavy (non-hydrogen) atoms.